The number of aromatic nitrogens is 2. The largest absolute Gasteiger partial charge is 0.380 e. The van der Waals surface area contributed by atoms with Gasteiger partial charge < -0.3 is 15.4 Å². The van der Waals surface area contributed by atoms with Crippen LogP contribution in [-0.2, 0) is 9.53 Å². The smallest absolute Gasteiger partial charge is 0.237 e. The molecule has 0 bridgehead atoms. The van der Waals surface area contributed by atoms with Crippen molar-refractivity contribution in [2.75, 3.05) is 13.7 Å². The summed E-state index contributed by atoms with van der Waals surface area (Å²) in [6.45, 7) is 2.70. The Morgan fingerprint density at radius 3 is 2.96 bits per heavy atom. The van der Waals surface area contributed by atoms with Crippen LogP contribution >= 0.6 is 0 Å². The first-order valence-electron chi connectivity index (χ1n) is 7.84. The van der Waals surface area contributed by atoms with Gasteiger partial charge in [0.1, 0.15) is 0 Å². The third kappa shape index (κ3) is 3.43. The number of para-hydroxylation sites is 1. The van der Waals surface area contributed by atoms with E-state index >= 15 is 0 Å². The molecule has 0 spiro atoms. The second-order valence-electron chi connectivity index (χ2n) is 5.79. The molecule has 2 heterocycles. The van der Waals surface area contributed by atoms with Crippen molar-refractivity contribution >= 4 is 5.91 Å². The standard InChI is InChI=1S/C17H22N4O2/c1-12(20-17(22)15-10-13(23-2)11-18-15)14-6-3-4-7-16(14)21-9-5-8-19-21/h3-9,12-13,15,18H,10-11H2,1-2H3,(H,20,22)/t12?,13-,15+/m0/s1. The first kappa shape index (κ1) is 15.7. The fourth-order valence-corrected chi connectivity index (χ4v) is 2.95. The van der Waals surface area contributed by atoms with E-state index in [2.05, 4.69) is 15.7 Å². The molecule has 6 nitrogen and oxygen atoms in total. The summed E-state index contributed by atoms with van der Waals surface area (Å²) in [4.78, 5) is 12.4. The van der Waals surface area contributed by atoms with Crippen LogP contribution in [0, 0.1) is 0 Å². The molecule has 1 aromatic carbocycles. The second kappa shape index (κ2) is 6.93. The highest BCUT2D eigenvalue weighted by molar-refractivity contribution is 5.82. The number of ether oxygens (including phenoxy) is 1. The quantitative estimate of drug-likeness (QED) is 0.876. The van der Waals surface area contributed by atoms with Crippen LogP contribution in [0.5, 0.6) is 0 Å². The molecule has 0 radical (unpaired) electrons. The Bertz CT molecular complexity index is 656. The van der Waals surface area contributed by atoms with Crippen LogP contribution in [0.15, 0.2) is 42.7 Å². The Kier molecular flexibility index (Phi) is 4.73. The summed E-state index contributed by atoms with van der Waals surface area (Å²) in [5.41, 5.74) is 2.00. The van der Waals surface area contributed by atoms with Crippen molar-refractivity contribution in [2.45, 2.75) is 31.5 Å². The fraction of sp³-hybridized carbons (Fsp3) is 0.412. The molecule has 1 saturated heterocycles. The topological polar surface area (TPSA) is 68.2 Å². The second-order valence-corrected chi connectivity index (χ2v) is 5.79. The van der Waals surface area contributed by atoms with Gasteiger partial charge in [0.05, 0.1) is 23.9 Å². The fourth-order valence-electron chi connectivity index (χ4n) is 2.95. The zero-order valence-electron chi connectivity index (χ0n) is 13.4. The highest BCUT2D eigenvalue weighted by Crippen LogP contribution is 2.21. The molecular formula is C17H22N4O2. The van der Waals surface area contributed by atoms with E-state index in [0.717, 1.165) is 11.3 Å². The lowest BCUT2D eigenvalue weighted by atomic mass is 10.1. The molecule has 1 amide bonds. The minimum atomic E-state index is -0.195. The highest BCUT2D eigenvalue weighted by Gasteiger charge is 2.30. The van der Waals surface area contributed by atoms with E-state index < -0.39 is 0 Å². The molecule has 0 saturated carbocycles. The molecule has 2 N–H and O–H groups in total. The first-order valence-corrected chi connectivity index (χ1v) is 7.84. The monoisotopic (exact) mass is 314 g/mol. The molecule has 6 heteroatoms. The third-order valence-corrected chi connectivity index (χ3v) is 4.25. The van der Waals surface area contributed by atoms with Crippen LogP contribution in [0.25, 0.3) is 5.69 Å². The zero-order chi connectivity index (χ0) is 16.2. The maximum absolute atomic E-state index is 12.4. The molecule has 2 aromatic rings. The number of hydrogen-bond acceptors (Lipinski definition) is 4. The van der Waals surface area contributed by atoms with Gasteiger partial charge in [0.15, 0.2) is 0 Å². The summed E-state index contributed by atoms with van der Waals surface area (Å²) in [5.74, 6) is 0.00678. The average molecular weight is 314 g/mol. The third-order valence-electron chi connectivity index (χ3n) is 4.25. The van der Waals surface area contributed by atoms with Crippen molar-refractivity contribution in [2.24, 2.45) is 0 Å². The predicted octanol–water partition coefficient (Wildman–Crippen LogP) is 1.43. The summed E-state index contributed by atoms with van der Waals surface area (Å²) < 4.78 is 7.11. The van der Waals surface area contributed by atoms with E-state index in [1.54, 1.807) is 13.3 Å². The molecule has 1 unspecified atom stereocenters. The van der Waals surface area contributed by atoms with Crippen molar-refractivity contribution in [3.05, 3.63) is 48.3 Å². The Morgan fingerprint density at radius 2 is 2.26 bits per heavy atom. The maximum Gasteiger partial charge on any atom is 0.237 e. The molecule has 1 aliphatic rings. The van der Waals surface area contributed by atoms with Gasteiger partial charge in [-0.05, 0) is 31.0 Å². The number of benzene rings is 1. The van der Waals surface area contributed by atoms with E-state index in [1.165, 1.54) is 0 Å². The first-order chi connectivity index (χ1) is 11.2. The Balaban J connectivity index is 1.72. The van der Waals surface area contributed by atoms with Crippen LogP contribution in [0.3, 0.4) is 0 Å². The van der Waals surface area contributed by atoms with Gasteiger partial charge in [-0.15, -0.1) is 0 Å². The van der Waals surface area contributed by atoms with E-state index in [-0.39, 0.29) is 24.1 Å². The lowest BCUT2D eigenvalue weighted by Gasteiger charge is -2.20. The Hall–Kier alpha value is -2.18. The summed E-state index contributed by atoms with van der Waals surface area (Å²) in [5, 5.41) is 10.6. The Labute approximate surface area is 135 Å². The zero-order valence-corrected chi connectivity index (χ0v) is 13.4. The van der Waals surface area contributed by atoms with Crippen LogP contribution in [0.2, 0.25) is 0 Å². The summed E-state index contributed by atoms with van der Waals surface area (Å²) in [6.07, 6.45) is 4.45. The summed E-state index contributed by atoms with van der Waals surface area (Å²) in [7, 11) is 1.68. The minimum absolute atomic E-state index is 0.00678. The number of methoxy groups -OCH3 is 1. The highest BCUT2D eigenvalue weighted by atomic mass is 16.5. The number of nitrogens with one attached hydrogen (secondary N) is 2. The molecule has 122 valence electrons. The number of amides is 1. The molecule has 3 rings (SSSR count). The van der Waals surface area contributed by atoms with E-state index in [0.29, 0.717) is 13.0 Å². The van der Waals surface area contributed by atoms with Crippen LogP contribution in [-0.4, -0.2) is 41.5 Å². The Morgan fingerprint density at radius 1 is 1.43 bits per heavy atom. The van der Waals surface area contributed by atoms with Gasteiger partial charge in [0, 0.05) is 26.0 Å². The SMILES string of the molecule is CO[C@@H]1CN[C@@H](C(=O)NC(C)c2ccccc2-n2cccn2)C1. The number of hydrogen-bond donors (Lipinski definition) is 2. The van der Waals surface area contributed by atoms with Gasteiger partial charge in [-0.25, -0.2) is 4.68 Å². The van der Waals surface area contributed by atoms with Gasteiger partial charge in [0.25, 0.3) is 0 Å². The van der Waals surface area contributed by atoms with Gasteiger partial charge in [0.2, 0.25) is 5.91 Å². The number of nitrogens with zero attached hydrogens (tertiary/aromatic N) is 2. The summed E-state index contributed by atoms with van der Waals surface area (Å²) in [6, 6.07) is 9.54. The van der Waals surface area contributed by atoms with Crippen molar-refractivity contribution in [1.29, 1.82) is 0 Å². The van der Waals surface area contributed by atoms with Gasteiger partial charge in [-0.3, -0.25) is 4.79 Å². The van der Waals surface area contributed by atoms with E-state index in [1.807, 2.05) is 48.1 Å². The molecule has 1 aromatic heterocycles. The summed E-state index contributed by atoms with van der Waals surface area (Å²) >= 11 is 0. The number of rotatable bonds is 5. The molecule has 23 heavy (non-hydrogen) atoms. The van der Waals surface area contributed by atoms with Crippen LogP contribution in [0.4, 0.5) is 0 Å². The van der Waals surface area contributed by atoms with Crippen LogP contribution in [0.1, 0.15) is 24.9 Å². The van der Waals surface area contributed by atoms with Crippen molar-refractivity contribution in [3.63, 3.8) is 0 Å². The predicted molar refractivity (Wildman–Crippen MR) is 87.3 cm³/mol. The lowest BCUT2D eigenvalue weighted by Crippen LogP contribution is -2.41. The van der Waals surface area contributed by atoms with Gasteiger partial charge >= 0.3 is 0 Å². The normalized spacial score (nSPS) is 22.0. The van der Waals surface area contributed by atoms with E-state index in [9.17, 15) is 4.79 Å². The molecule has 1 aliphatic heterocycles. The maximum atomic E-state index is 12.4. The lowest BCUT2D eigenvalue weighted by molar-refractivity contribution is -0.123. The number of carbonyl (C=O) groups is 1. The van der Waals surface area contributed by atoms with Crippen molar-refractivity contribution in [3.8, 4) is 5.69 Å². The minimum Gasteiger partial charge on any atom is -0.380 e. The van der Waals surface area contributed by atoms with Crippen molar-refractivity contribution in [1.82, 2.24) is 20.4 Å². The van der Waals surface area contributed by atoms with Gasteiger partial charge in [-0.1, -0.05) is 18.2 Å². The molecular weight excluding hydrogens is 292 g/mol. The van der Waals surface area contributed by atoms with Crippen molar-refractivity contribution < 1.29 is 9.53 Å². The average Bonchev–Trinajstić information content (AvgIpc) is 3.26. The van der Waals surface area contributed by atoms with E-state index in [4.69, 9.17) is 4.74 Å². The van der Waals surface area contributed by atoms with Gasteiger partial charge in [-0.2, -0.15) is 5.10 Å². The molecule has 3 atom stereocenters. The molecule has 0 aliphatic carbocycles. The number of carbonyl (C=O) groups excluding carboxylic acids is 1. The molecule has 1 fully saturated rings. The van der Waals surface area contributed by atoms with Crippen LogP contribution < -0.4 is 10.6 Å².